The van der Waals surface area contributed by atoms with Crippen molar-refractivity contribution in [1.82, 2.24) is 4.98 Å². The Morgan fingerprint density at radius 3 is 2.81 bits per heavy atom. The Bertz CT molecular complexity index is 579. The molecule has 21 heavy (non-hydrogen) atoms. The van der Waals surface area contributed by atoms with Crippen molar-refractivity contribution in [2.75, 3.05) is 0 Å². The van der Waals surface area contributed by atoms with E-state index < -0.39 is 5.92 Å². The van der Waals surface area contributed by atoms with E-state index in [2.05, 4.69) is 11.1 Å². The van der Waals surface area contributed by atoms with Crippen molar-refractivity contribution in [3.05, 3.63) is 16.1 Å². The third-order valence-electron chi connectivity index (χ3n) is 4.43. The van der Waals surface area contributed by atoms with Gasteiger partial charge in [-0.1, -0.05) is 0 Å². The van der Waals surface area contributed by atoms with Crippen LogP contribution in [0, 0.1) is 23.2 Å². The highest BCUT2D eigenvalue weighted by Crippen LogP contribution is 2.49. The molecule has 0 unspecified atom stereocenters. The lowest BCUT2D eigenvalue weighted by Gasteiger charge is -2.33. The molecule has 0 bridgehead atoms. The molecule has 3 nitrogen and oxygen atoms in total. The lowest BCUT2D eigenvalue weighted by Crippen LogP contribution is -2.33. The van der Waals surface area contributed by atoms with Gasteiger partial charge in [0.15, 0.2) is 0 Å². The Morgan fingerprint density at radius 2 is 2.19 bits per heavy atom. The molecular formula is C15H16F2N2OS. The number of Topliss-reactive ketones (excluding diaryl/α,β-unsaturated/α-hetero) is 1. The van der Waals surface area contributed by atoms with E-state index in [4.69, 9.17) is 5.26 Å². The highest BCUT2D eigenvalue weighted by molar-refractivity contribution is 7.11. The van der Waals surface area contributed by atoms with E-state index in [1.807, 2.05) is 0 Å². The van der Waals surface area contributed by atoms with Crippen LogP contribution >= 0.6 is 11.3 Å². The minimum atomic E-state index is -2.53. The number of ketones is 1. The van der Waals surface area contributed by atoms with E-state index in [1.54, 1.807) is 6.20 Å². The third-order valence-corrected chi connectivity index (χ3v) is 5.59. The highest BCUT2D eigenvalue weighted by Gasteiger charge is 2.47. The van der Waals surface area contributed by atoms with Crippen molar-refractivity contribution in [3.63, 3.8) is 0 Å². The fourth-order valence-corrected chi connectivity index (χ4v) is 4.07. The minimum Gasteiger partial charge on any atom is -0.299 e. The highest BCUT2D eigenvalue weighted by atomic mass is 32.1. The summed E-state index contributed by atoms with van der Waals surface area (Å²) in [4.78, 5) is 17.1. The molecule has 1 aromatic rings. The van der Waals surface area contributed by atoms with Gasteiger partial charge >= 0.3 is 0 Å². The number of hydrogen-bond donors (Lipinski definition) is 0. The molecule has 2 fully saturated rings. The Labute approximate surface area is 126 Å². The number of carbonyl (C=O) groups excluding carboxylic acids is 1. The van der Waals surface area contributed by atoms with Gasteiger partial charge in [0.1, 0.15) is 5.78 Å². The average molecular weight is 310 g/mol. The summed E-state index contributed by atoms with van der Waals surface area (Å²) in [6.07, 6.45) is 3.92. The standard InChI is InChI=1S/C15H16F2N2OS/c16-15(17)6-11(7-15)14-19-8-12(21-14)5-13(20)10-3-9(4-10)1-2-18/h8-11H,1,3-7H2. The average Bonchev–Trinajstić information content (AvgIpc) is 2.78. The van der Waals surface area contributed by atoms with Gasteiger partial charge in [0, 0.05) is 48.6 Å². The van der Waals surface area contributed by atoms with E-state index in [1.165, 1.54) is 11.3 Å². The molecule has 3 rings (SSSR count). The lowest BCUT2D eigenvalue weighted by atomic mass is 9.71. The number of nitriles is 1. The predicted molar refractivity (Wildman–Crippen MR) is 74.2 cm³/mol. The first-order valence-electron chi connectivity index (χ1n) is 7.19. The second kappa shape index (κ2) is 5.45. The molecule has 6 heteroatoms. The molecule has 2 saturated carbocycles. The number of hydrogen-bond acceptors (Lipinski definition) is 4. The summed E-state index contributed by atoms with van der Waals surface area (Å²) >= 11 is 1.39. The summed E-state index contributed by atoms with van der Waals surface area (Å²) in [6, 6.07) is 2.13. The first-order valence-corrected chi connectivity index (χ1v) is 8.00. The van der Waals surface area contributed by atoms with Gasteiger partial charge in [0.25, 0.3) is 0 Å². The SMILES string of the molecule is N#CCC1CC(C(=O)Cc2cnc(C3CC(F)(F)C3)s2)C1. The van der Waals surface area contributed by atoms with Crippen LogP contribution in [0.2, 0.25) is 0 Å². The van der Waals surface area contributed by atoms with Crippen LogP contribution in [-0.2, 0) is 11.2 Å². The smallest absolute Gasteiger partial charge is 0.249 e. The van der Waals surface area contributed by atoms with Crippen LogP contribution < -0.4 is 0 Å². The van der Waals surface area contributed by atoms with Crippen molar-refractivity contribution in [3.8, 4) is 6.07 Å². The summed E-state index contributed by atoms with van der Waals surface area (Å²) in [5, 5.41) is 9.32. The summed E-state index contributed by atoms with van der Waals surface area (Å²) in [6.45, 7) is 0. The van der Waals surface area contributed by atoms with Gasteiger partial charge < -0.3 is 0 Å². The van der Waals surface area contributed by atoms with Gasteiger partial charge in [0.2, 0.25) is 5.92 Å². The van der Waals surface area contributed by atoms with Crippen LogP contribution in [0.3, 0.4) is 0 Å². The lowest BCUT2D eigenvalue weighted by molar-refractivity contribution is -0.126. The fraction of sp³-hybridized carbons (Fsp3) is 0.667. The van der Waals surface area contributed by atoms with Crippen LogP contribution in [0.4, 0.5) is 8.78 Å². The second-order valence-electron chi connectivity index (χ2n) is 6.17. The zero-order valence-corrected chi connectivity index (χ0v) is 12.3. The van der Waals surface area contributed by atoms with Gasteiger partial charge in [0.05, 0.1) is 11.1 Å². The molecule has 0 radical (unpaired) electrons. The van der Waals surface area contributed by atoms with Crippen molar-refractivity contribution >= 4 is 17.1 Å². The molecule has 1 heterocycles. The van der Waals surface area contributed by atoms with Crippen molar-refractivity contribution in [2.24, 2.45) is 11.8 Å². The van der Waals surface area contributed by atoms with Crippen LogP contribution in [0.5, 0.6) is 0 Å². The number of nitrogens with zero attached hydrogens (tertiary/aromatic N) is 2. The van der Waals surface area contributed by atoms with Crippen LogP contribution in [0.25, 0.3) is 0 Å². The van der Waals surface area contributed by atoms with Gasteiger partial charge in [-0.05, 0) is 18.8 Å². The maximum Gasteiger partial charge on any atom is 0.249 e. The first kappa shape index (κ1) is 14.6. The summed E-state index contributed by atoms with van der Waals surface area (Å²) < 4.78 is 25.7. The third kappa shape index (κ3) is 3.13. The van der Waals surface area contributed by atoms with Gasteiger partial charge in [-0.3, -0.25) is 4.79 Å². The van der Waals surface area contributed by atoms with Crippen LogP contribution in [0.15, 0.2) is 6.20 Å². The summed E-state index contributed by atoms with van der Waals surface area (Å²) in [7, 11) is 0. The minimum absolute atomic E-state index is 0.0712. The number of alkyl halides is 2. The largest absolute Gasteiger partial charge is 0.299 e. The van der Waals surface area contributed by atoms with Crippen molar-refractivity contribution in [1.29, 1.82) is 5.26 Å². The predicted octanol–water partition coefficient (Wildman–Crippen LogP) is 3.71. The monoisotopic (exact) mass is 310 g/mol. The van der Waals surface area contributed by atoms with Crippen LogP contribution in [0.1, 0.15) is 47.9 Å². The molecule has 2 aliphatic rings. The molecule has 0 atom stereocenters. The van der Waals surface area contributed by atoms with Crippen LogP contribution in [-0.4, -0.2) is 16.7 Å². The van der Waals surface area contributed by atoms with Gasteiger partial charge in [-0.2, -0.15) is 5.26 Å². The normalized spacial score (nSPS) is 27.5. The number of halogens is 2. The van der Waals surface area contributed by atoms with E-state index in [9.17, 15) is 13.6 Å². The Balaban J connectivity index is 1.49. The maximum atomic E-state index is 12.8. The first-order chi connectivity index (χ1) is 9.97. The molecular weight excluding hydrogens is 294 g/mol. The second-order valence-corrected chi connectivity index (χ2v) is 7.31. The summed E-state index contributed by atoms with van der Waals surface area (Å²) in [5.41, 5.74) is 0. The van der Waals surface area contributed by atoms with E-state index >= 15 is 0 Å². The molecule has 112 valence electrons. The number of rotatable bonds is 5. The number of aromatic nitrogens is 1. The molecule has 0 N–H and O–H groups in total. The topological polar surface area (TPSA) is 53.8 Å². The zero-order valence-electron chi connectivity index (χ0n) is 11.5. The number of carbonyl (C=O) groups is 1. The molecule has 1 aromatic heterocycles. The maximum absolute atomic E-state index is 12.8. The van der Waals surface area contributed by atoms with Gasteiger partial charge in [-0.15, -0.1) is 11.3 Å². The van der Waals surface area contributed by atoms with Crippen molar-refractivity contribution in [2.45, 2.75) is 50.4 Å². The van der Waals surface area contributed by atoms with Crippen molar-refractivity contribution < 1.29 is 13.6 Å². The van der Waals surface area contributed by atoms with E-state index in [-0.39, 0.29) is 30.5 Å². The molecule has 0 amide bonds. The quantitative estimate of drug-likeness (QED) is 0.833. The fourth-order valence-electron chi connectivity index (χ4n) is 3.04. The van der Waals surface area contributed by atoms with E-state index in [0.717, 1.165) is 22.7 Å². The number of thiazole rings is 1. The molecule has 0 aliphatic heterocycles. The Kier molecular flexibility index (Phi) is 3.78. The molecule has 0 spiro atoms. The van der Waals surface area contributed by atoms with Gasteiger partial charge in [-0.25, -0.2) is 13.8 Å². The molecule has 2 aliphatic carbocycles. The molecule has 0 aromatic carbocycles. The van der Waals surface area contributed by atoms with E-state index in [0.29, 0.717) is 18.8 Å². The molecule has 0 saturated heterocycles. The Morgan fingerprint density at radius 1 is 1.48 bits per heavy atom. The Hall–Kier alpha value is -1.35. The zero-order chi connectivity index (χ0) is 15.0. The summed E-state index contributed by atoms with van der Waals surface area (Å²) in [5.74, 6) is -2.04.